The molecule has 0 aromatic carbocycles. The first kappa shape index (κ1) is 13.3. The average molecular weight is 247 g/mol. The van der Waals surface area contributed by atoms with E-state index < -0.39 is 0 Å². The number of rotatable bonds is 6. The van der Waals surface area contributed by atoms with Crippen molar-refractivity contribution in [1.29, 1.82) is 0 Å². The molecule has 0 unspecified atom stereocenters. The molecule has 1 aliphatic carbocycles. The fourth-order valence-electron chi connectivity index (χ4n) is 2.19. The highest BCUT2D eigenvalue weighted by Gasteiger charge is 2.27. The van der Waals surface area contributed by atoms with E-state index in [0.29, 0.717) is 5.92 Å². The lowest BCUT2D eigenvalue weighted by atomic mass is 10.1. The van der Waals surface area contributed by atoms with E-state index in [9.17, 15) is 0 Å². The van der Waals surface area contributed by atoms with E-state index in [4.69, 9.17) is 0 Å². The molecular formula is C15H25N3. The fourth-order valence-corrected chi connectivity index (χ4v) is 2.19. The third-order valence-electron chi connectivity index (χ3n) is 3.44. The number of anilines is 1. The van der Waals surface area contributed by atoms with Crippen LogP contribution >= 0.6 is 0 Å². The Kier molecular flexibility index (Phi) is 4.23. The Morgan fingerprint density at radius 1 is 1.44 bits per heavy atom. The van der Waals surface area contributed by atoms with Gasteiger partial charge < -0.3 is 10.2 Å². The Balaban J connectivity index is 2.07. The molecule has 0 spiro atoms. The molecule has 0 radical (unpaired) electrons. The minimum atomic E-state index is 0.688. The van der Waals surface area contributed by atoms with Gasteiger partial charge in [0.05, 0.1) is 0 Å². The van der Waals surface area contributed by atoms with Crippen LogP contribution in [0.4, 0.5) is 5.69 Å². The molecule has 1 heterocycles. The quantitative estimate of drug-likeness (QED) is 0.838. The van der Waals surface area contributed by atoms with Crippen LogP contribution in [-0.2, 0) is 6.54 Å². The molecule has 0 amide bonds. The van der Waals surface area contributed by atoms with Crippen molar-refractivity contribution in [3.05, 3.63) is 23.5 Å². The van der Waals surface area contributed by atoms with Gasteiger partial charge in [-0.15, -0.1) is 0 Å². The number of pyridine rings is 1. The Bertz CT molecular complexity index is 397. The number of nitrogens with zero attached hydrogens (tertiary/aromatic N) is 2. The second-order valence-electron chi connectivity index (χ2n) is 5.82. The maximum Gasteiger partial charge on any atom is 0.0445 e. The predicted molar refractivity (Wildman–Crippen MR) is 76.9 cm³/mol. The largest absolute Gasteiger partial charge is 0.371 e. The first-order valence-electron chi connectivity index (χ1n) is 6.97. The Morgan fingerprint density at radius 3 is 2.78 bits per heavy atom. The average Bonchev–Trinajstić information content (AvgIpc) is 3.13. The molecule has 1 aromatic heterocycles. The van der Waals surface area contributed by atoms with E-state index in [0.717, 1.165) is 24.8 Å². The van der Waals surface area contributed by atoms with Crippen LogP contribution in [-0.4, -0.2) is 24.6 Å². The molecule has 1 N–H and O–H groups in total. The van der Waals surface area contributed by atoms with Crippen molar-refractivity contribution >= 4 is 5.69 Å². The van der Waals surface area contributed by atoms with E-state index in [1.165, 1.54) is 24.1 Å². The monoisotopic (exact) mass is 247 g/mol. The number of hydrogen-bond acceptors (Lipinski definition) is 3. The molecule has 18 heavy (non-hydrogen) atoms. The molecule has 0 saturated heterocycles. The van der Waals surface area contributed by atoms with Crippen molar-refractivity contribution in [3.8, 4) is 0 Å². The molecule has 3 nitrogen and oxygen atoms in total. The maximum absolute atomic E-state index is 4.43. The summed E-state index contributed by atoms with van der Waals surface area (Å²) >= 11 is 0. The molecule has 1 fully saturated rings. The first-order valence-corrected chi connectivity index (χ1v) is 6.97. The summed E-state index contributed by atoms with van der Waals surface area (Å²) in [7, 11) is 2.21. The van der Waals surface area contributed by atoms with Crippen molar-refractivity contribution in [2.75, 3.05) is 18.5 Å². The van der Waals surface area contributed by atoms with Gasteiger partial charge in [0.1, 0.15) is 0 Å². The molecule has 3 heteroatoms. The number of hydrogen-bond donors (Lipinski definition) is 1. The minimum Gasteiger partial charge on any atom is -0.371 e. The molecule has 0 aliphatic heterocycles. The fraction of sp³-hybridized carbons (Fsp3) is 0.667. The van der Waals surface area contributed by atoms with Gasteiger partial charge in [0.2, 0.25) is 0 Å². The standard InChI is InChI=1S/C15H25N3/c1-11(2)8-16-9-13-10-17-12(3)7-15(13)18(4)14-5-6-14/h7,10-11,14,16H,5-6,8-9H2,1-4H3. The molecule has 2 rings (SSSR count). The van der Waals surface area contributed by atoms with E-state index >= 15 is 0 Å². The van der Waals surface area contributed by atoms with Crippen molar-refractivity contribution in [1.82, 2.24) is 10.3 Å². The van der Waals surface area contributed by atoms with Crippen molar-refractivity contribution in [3.63, 3.8) is 0 Å². The number of aromatic nitrogens is 1. The lowest BCUT2D eigenvalue weighted by Crippen LogP contribution is -2.24. The highest BCUT2D eigenvalue weighted by atomic mass is 15.2. The summed E-state index contributed by atoms with van der Waals surface area (Å²) in [6, 6.07) is 2.96. The van der Waals surface area contributed by atoms with Crippen LogP contribution in [0.15, 0.2) is 12.3 Å². The third-order valence-corrected chi connectivity index (χ3v) is 3.44. The number of aryl methyl sites for hydroxylation is 1. The van der Waals surface area contributed by atoms with Crippen LogP contribution in [0.5, 0.6) is 0 Å². The Labute approximate surface area is 111 Å². The number of nitrogens with one attached hydrogen (secondary N) is 1. The summed E-state index contributed by atoms with van der Waals surface area (Å²) < 4.78 is 0. The molecule has 1 saturated carbocycles. The predicted octanol–water partition coefficient (Wildman–Crippen LogP) is 2.73. The lowest BCUT2D eigenvalue weighted by Gasteiger charge is -2.23. The highest BCUT2D eigenvalue weighted by Crippen LogP contribution is 2.32. The second-order valence-corrected chi connectivity index (χ2v) is 5.82. The van der Waals surface area contributed by atoms with E-state index in [-0.39, 0.29) is 0 Å². The first-order chi connectivity index (χ1) is 8.58. The summed E-state index contributed by atoms with van der Waals surface area (Å²) in [5.41, 5.74) is 3.77. The van der Waals surface area contributed by atoms with Gasteiger partial charge in [0, 0.05) is 42.8 Å². The normalized spacial score (nSPS) is 15.2. The molecule has 100 valence electrons. The molecule has 0 atom stereocenters. The molecule has 1 aromatic rings. The van der Waals surface area contributed by atoms with Gasteiger partial charge in [0.25, 0.3) is 0 Å². The Morgan fingerprint density at radius 2 is 2.17 bits per heavy atom. The van der Waals surface area contributed by atoms with Gasteiger partial charge in [-0.3, -0.25) is 4.98 Å². The third kappa shape index (κ3) is 3.45. The summed E-state index contributed by atoms with van der Waals surface area (Å²) in [6.45, 7) is 8.50. The van der Waals surface area contributed by atoms with Crippen LogP contribution in [0, 0.1) is 12.8 Å². The van der Waals surface area contributed by atoms with Crippen LogP contribution in [0.3, 0.4) is 0 Å². The lowest BCUT2D eigenvalue weighted by molar-refractivity contribution is 0.551. The molecular weight excluding hydrogens is 222 g/mol. The van der Waals surface area contributed by atoms with Gasteiger partial charge in [0.15, 0.2) is 0 Å². The van der Waals surface area contributed by atoms with Gasteiger partial charge in [-0.25, -0.2) is 0 Å². The Hall–Kier alpha value is -1.09. The van der Waals surface area contributed by atoms with Crippen molar-refractivity contribution in [2.45, 2.75) is 46.2 Å². The smallest absolute Gasteiger partial charge is 0.0445 e. The van der Waals surface area contributed by atoms with Crippen LogP contribution in [0.25, 0.3) is 0 Å². The SMILES string of the molecule is Cc1cc(N(C)C2CC2)c(CNCC(C)C)cn1. The topological polar surface area (TPSA) is 28.2 Å². The second kappa shape index (κ2) is 5.70. The zero-order valence-corrected chi connectivity index (χ0v) is 12.0. The van der Waals surface area contributed by atoms with Crippen LogP contribution < -0.4 is 10.2 Å². The van der Waals surface area contributed by atoms with Gasteiger partial charge in [-0.05, 0) is 38.3 Å². The molecule has 1 aliphatic rings. The van der Waals surface area contributed by atoms with Crippen molar-refractivity contribution in [2.24, 2.45) is 5.92 Å². The van der Waals surface area contributed by atoms with E-state index in [1.54, 1.807) is 0 Å². The van der Waals surface area contributed by atoms with E-state index in [1.807, 2.05) is 6.20 Å². The van der Waals surface area contributed by atoms with Crippen LogP contribution in [0.2, 0.25) is 0 Å². The van der Waals surface area contributed by atoms with Crippen LogP contribution in [0.1, 0.15) is 37.9 Å². The van der Waals surface area contributed by atoms with Gasteiger partial charge >= 0.3 is 0 Å². The summed E-state index contributed by atoms with van der Waals surface area (Å²) in [5, 5.41) is 3.51. The zero-order valence-electron chi connectivity index (χ0n) is 12.0. The van der Waals surface area contributed by atoms with Gasteiger partial charge in [-0.2, -0.15) is 0 Å². The summed E-state index contributed by atoms with van der Waals surface area (Å²) in [4.78, 5) is 6.85. The summed E-state index contributed by atoms with van der Waals surface area (Å²) in [6.07, 6.45) is 4.68. The highest BCUT2D eigenvalue weighted by molar-refractivity contribution is 5.54. The van der Waals surface area contributed by atoms with E-state index in [2.05, 4.69) is 49.1 Å². The van der Waals surface area contributed by atoms with Gasteiger partial charge in [-0.1, -0.05) is 13.8 Å². The molecule has 0 bridgehead atoms. The minimum absolute atomic E-state index is 0.688. The summed E-state index contributed by atoms with van der Waals surface area (Å²) in [5.74, 6) is 0.688. The van der Waals surface area contributed by atoms with Crippen molar-refractivity contribution < 1.29 is 0 Å². The zero-order chi connectivity index (χ0) is 13.1. The maximum atomic E-state index is 4.43.